The van der Waals surface area contributed by atoms with Gasteiger partial charge in [-0.2, -0.15) is 0 Å². The van der Waals surface area contributed by atoms with Crippen LogP contribution in [0.4, 0.5) is 0 Å². The van der Waals surface area contributed by atoms with Crippen molar-refractivity contribution in [2.24, 2.45) is 5.73 Å². The van der Waals surface area contributed by atoms with Crippen LogP contribution in [0.5, 0.6) is 0 Å². The Morgan fingerprint density at radius 1 is 0.963 bits per heavy atom. The standard InChI is InChI=1S/C21H27NO5/c1-24-21-18(22)20(26-13-16-10-6-3-7-11-16)19(23)17(27-21)14-25-12-15-8-4-2-5-9-15/h2-11,17-21,23H,12-14,22H2,1H3/t17-,18-,19-,20-,21-/m1/s1. The number of ether oxygens (including phenoxy) is 4. The van der Waals surface area contributed by atoms with Gasteiger partial charge >= 0.3 is 0 Å². The van der Waals surface area contributed by atoms with Gasteiger partial charge in [-0.15, -0.1) is 0 Å². The monoisotopic (exact) mass is 373 g/mol. The third-order valence-electron chi connectivity index (χ3n) is 4.63. The molecule has 1 aliphatic heterocycles. The third kappa shape index (κ3) is 5.35. The predicted octanol–water partition coefficient (Wildman–Crippen LogP) is 1.85. The zero-order valence-corrected chi connectivity index (χ0v) is 15.4. The van der Waals surface area contributed by atoms with Crippen LogP contribution in [-0.4, -0.2) is 49.5 Å². The molecule has 1 aliphatic rings. The van der Waals surface area contributed by atoms with E-state index in [2.05, 4.69) is 0 Å². The first kappa shape index (κ1) is 19.9. The predicted molar refractivity (Wildman–Crippen MR) is 101 cm³/mol. The van der Waals surface area contributed by atoms with Crippen molar-refractivity contribution in [3.63, 3.8) is 0 Å². The lowest BCUT2D eigenvalue weighted by atomic mass is 9.97. The molecular weight excluding hydrogens is 346 g/mol. The second-order valence-electron chi connectivity index (χ2n) is 6.61. The van der Waals surface area contributed by atoms with Gasteiger partial charge in [-0.05, 0) is 11.1 Å². The molecule has 2 aromatic rings. The first-order valence-corrected chi connectivity index (χ1v) is 9.08. The van der Waals surface area contributed by atoms with Crippen LogP contribution < -0.4 is 5.73 Å². The van der Waals surface area contributed by atoms with E-state index in [1.807, 2.05) is 60.7 Å². The summed E-state index contributed by atoms with van der Waals surface area (Å²) in [5.74, 6) is 0. The fraction of sp³-hybridized carbons (Fsp3) is 0.429. The summed E-state index contributed by atoms with van der Waals surface area (Å²) in [6, 6.07) is 19.0. The molecule has 6 nitrogen and oxygen atoms in total. The van der Waals surface area contributed by atoms with Crippen molar-refractivity contribution in [2.75, 3.05) is 13.7 Å². The van der Waals surface area contributed by atoms with E-state index in [4.69, 9.17) is 24.7 Å². The summed E-state index contributed by atoms with van der Waals surface area (Å²) in [6.45, 7) is 1.00. The molecule has 3 N–H and O–H groups in total. The maximum absolute atomic E-state index is 10.7. The van der Waals surface area contributed by atoms with Gasteiger partial charge < -0.3 is 29.8 Å². The molecule has 3 rings (SSSR count). The number of methoxy groups -OCH3 is 1. The highest BCUT2D eigenvalue weighted by molar-refractivity contribution is 5.14. The van der Waals surface area contributed by atoms with Gasteiger partial charge in [-0.3, -0.25) is 0 Å². The topological polar surface area (TPSA) is 83.2 Å². The Kier molecular flexibility index (Phi) is 7.34. The second kappa shape index (κ2) is 9.94. The lowest BCUT2D eigenvalue weighted by Crippen LogP contribution is -2.63. The smallest absolute Gasteiger partial charge is 0.175 e. The Labute approximate surface area is 159 Å². The molecule has 1 fully saturated rings. The van der Waals surface area contributed by atoms with Gasteiger partial charge in [0, 0.05) is 7.11 Å². The highest BCUT2D eigenvalue weighted by Gasteiger charge is 2.44. The van der Waals surface area contributed by atoms with E-state index in [-0.39, 0.29) is 6.61 Å². The van der Waals surface area contributed by atoms with Gasteiger partial charge in [0.15, 0.2) is 6.29 Å². The van der Waals surface area contributed by atoms with Crippen molar-refractivity contribution in [1.82, 2.24) is 0 Å². The molecule has 0 amide bonds. The zero-order chi connectivity index (χ0) is 19.1. The Morgan fingerprint density at radius 2 is 1.56 bits per heavy atom. The first-order valence-electron chi connectivity index (χ1n) is 9.08. The molecule has 1 saturated heterocycles. The van der Waals surface area contributed by atoms with Gasteiger partial charge in [-0.1, -0.05) is 60.7 Å². The van der Waals surface area contributed by atoms with Crippen molar-refractivity contribution in [1.29, 1.82) is 0 Å². The van der Waals surface area contributed by atoms with Crippen molar-refractivity contribution in [2.45, 2.75) is 43.9 Å². The molecule has 0 bridgehead atoms. The minimum Gasteiger partial charge on any atom is -0.388 e. The molecule has 0 unspecified atom stereocenters. The highest BCUT2D eigenvalue weighted by Crippen LogP contribution is 2.24. The molecule has 6 heteroatoms. The van der Waals surface area contributed by atoms with Gasteiger partial charge in [0.1, 0.15) is 18.3 Å². The maximum atomic E-state index is 10.7. The van der Waals surface area contributed by atoms with Crippen molar-refractivity contribution < 1.29 is 24.1 Å². The number of hydrogen-bond acceptors (Lipinski definition) is 6. The molecule has 146 valence electrons. The lowest BCUT2D eigenvalue weighted by molar-refractivity contribution is -0.270. The van der Waals surface area contributed by atoms with Gasteiger partial charge in [-0.25, -0.2) is 0 Å². The van der Waals surface area contributed by atoms with E-state index in [9.17, 15) is 5.11 Å². The molecule has 0 aromatic heterocycles. The van der Waals surface area contributed by atoms with Crippen molar-refractivity contribution >= 4 is 0 Å². The summed E-state index contributed by atoms with van der Waals surface area (Å²) in [6.07, 6.45) is -2.78. The van der Waals surface area contributed by atoms with E-state index >= 15 is 0 Å². The maximum Gasteiger partial charge on any atom is 0.175 e. The number of aliphatic hydroxyl groups excluding tert-OH is 1. The van der Waals surface area contributed by atoms with E-state index in [1.165, 1.54) is 7.11 Å². The van der Waals surface area contributed by atoms with Crippen LogP contribution in [-0.2, 0) is 32.2 Å². The first-order chi connectivity index (χ1) is 13.2. The normalized spacial score (nSPS) is 28.2. The van der Waals surface area contributed by atoms with Crippen LogP contribution in [0.3, 0.4) is 0 Å². The SMILES string of the molecule is CO[C@@H]1O[C@H](COCc2ccccc2)[C@@H](O)[C@H](OCc2ccccc2)[C@H]1N. The fourth-order valence-corrected chi connectivity index (χ4v) is 3.13. The lowest BCUT2D eigenvalue weighted by Gasteiger charge is -2.42. The zero-order valence-electron chi connectivity index (χ0n) is 15.4. The average Bonchev–Trinajstić information content (AvgIpc) is 2.71. The van der Waals surface area contributed by atoms with E-state index in [0.717, 1.165) is 11.1 Å². The van der Waals surface area contributed by atoms with Crippen LogP contribution in [0.2, 0.25) is 0 Å². The van der Waals surface area contributed by atoms with Crippen LogP contribution in [0.15, 0.2) is 60.7 Å². The number of rotatable bonds is 8. The number of nitrogens with two attached hydrogens (primary N) is 1. The minimum atomic E-state index is -0.911. The summed E-state index contributed by atoms with van der Waals surface area (Å²) < 4.78 is 22.8. The van der Waals surface area contributed by atoms with Crippen LogP contribution in [0.25, 0.3) is 0 Å². The van der Waals surface area contributed by atoms with E-state index < -0.39 is 30.6 Å². The molecule has 27 heavy (non-hydrogen) atoms. The Morgan fingerprint density at radius 3 is 2.15 bits per heavy atom. The summed E-state index contributed by atoms with van der Waals surface area (Å²) in [5.41, 5.74) is 8.26. The van der Waals surface area contributed by atoms with Crippen LogP contribution in [0.1, 0.15) is 11.1 Å². The molecule has 2 aromatic carbocycles. The van der Waals surface area contributed by atoms with Gasteiger partial charge in [0.25, 0.3) is 0 Å². The molecule has 0 spiro atoms. The molecule has 0 aliphatic carbocycles. The summed E-state index contributed by atoms with van der Waals surface area (Å²) in [7, 11) is 1.53. The largest absolute Gasteiger partial charge is 0.388 e. The summed E-state index contributed by atoms with van der Waals surface area (Å²) in [5, 5.41) is 10.7. The fourth-order valence-electron chi connectivity index (χ4n) is 3.13. The summed E-state index contributed by atoms with van der Waals surface area (Å²) >= 11 is 0. The molecular formula is C21H27NO5. The minimum absolute atomic E-state index is 0.216. The number of benzene rings is 2. The van der Waals surface area contributed by atoms with E-state index in [1.54, 1.807) is 0 Å². The Bertz CT molecular complexity index is 669. The van der Waals surface area contributed by atoms with Crippen molar-refractivity contribution in [3.8, 4) is 0 Å². The van der Waals surface area contributed by atoms with Crippen LogP contribution >= 0.6 is 0 Å². The quantitative estimate of drug-likeness (QED) is 0.735. The third-order valence-corrected chi connectivity index (χ3v) is 4.63. The van der Waals surface area contributed by atoms with Gasteiger partial charge in [0.2, 0.25) is 0 Å². The Balaban J connectivity index is 1.58. The number of hydrogen-bond donors (Lipinski definition) is 2. The second-order valence-corrected chi connectivity index (χ2v) is 6.61. The average molecular weight is 373 g/mol. The van der Waals surface area contributed by atoms with E-state index in [0.29, 0.717) is 13.2 Å². The molecule has 0 radical (unpaired) electrons. The van der Waals surface area contributed by atoms with Gasteiger partial charge in [0.05, 0.1) is 25.9 Å². The molecule has 1 heterocycles. The summed E-state index contributed by atoms with van der Waals surface area (Å²) in [4.78, 5) is 0. The van der Waals surface area contributed by atoms with Crippen molar-refractivity contribution in [3.05, 3.63) is 71.8 Å². The number of aliphatic hydroxyl groups is 1. The Hall–Kier alpha value is -1.80. The van der Waals surface area contributed by atoms with Crippen LogP contribution in [0, 0.1) is 0 Å². The molecule has 5 atom stereocenters. The highest BCUT2D eigenvalue weighted by atomic mass is 16.7. The molecule has 0 saturated carbocycles.